The molecule has 0 bridgehead atoms. The summed E-state index contributed by atoms with van der Waals surface area (Å²) in [6, 6.07) is 11.8. The lowest BCUT2D eigenvalue weighted by Gasteiger charge is -2.31. The molecule has 5 nitrogen and oxygen atoms in total. The molecular formula is C16H20N4O. The van der Waals surface area contributed by atoms with Crippen molar-refractivity contribution in [3.05, 3.63) is 36.4 Å². The van der Waals surface area contributed by atoms with E-state index in [9.17, 15) is 5.11 Å². The summed E-state index contributed by atoms with van der Waals surface area (Å²) in [7, 11) is 1.85. The maximum absolute atomic E-state index is 9.33. The van der Waals surface area contributed by atoms with Crippen molar-refractivity contribution < 1.29 is 5.11 Å². The normalized spacial score (nSPS) is 20.7. The molecule has 1 aromatic heterocycles. The number of hydrogen-bond donors (Lipinski definition) is 3. The molecule has 0 amide bonds. The van der Waals surface area contributed by atoms with Crippen LogP contribution in [0.3, 0.4) is 0 Å². The lowest BCUT2D eigenvalue weighted by molar-refractivity contribution is 0.0486. The van der Waals surface area contributed by atoms with Gasteiger partial charge in [0.05, 0.1) is 6.10 Å². The molecule has 0 atom stereocenters. The number of aliphatic hydroxyl groups excluding tert-OH is 1. The second-order valence-electron chi connectivity index (χ2n) is 5.45. The number of benzene rings is 1. The summed E-state index contributed by atoms with van der Waals surface area (Å²) in [6.45, 7) is 0.839. The third kappa shape index (κ3) is 3.31. The predicted molar refractivity (Wildman–Crippen MR) is 84.2 cm³/mol. The Hall–Kier alpha value is -2.14. The van der Waals surface area contributed by atoms with Gasteiger partial charge in [-0.15, -0.1) is 0 Å². The average molecular weight is 284 g/mol. The van der Waals surface area contributed by atoms with E-state index >= 15 is 0 Å². The molecule has 1 heterocycles. The fraction of sp³-hybridized carbons (Fsp3) is 0.375. The minimum absolute atomic E-state index is 0.116. The van der Waals surface area contributed by atoms with Crippen molar-refractivity contribution in [2.75, 3.05) is 24.2 Å². The fourth-order valence-corrected chi connectivity index (χ4v) is 2.50. The Labute approximate surface area is 124 Å². The molecule has 0 spiro atoms. The van der Waals surface area contributed by atoms with Crippen LogP contribution in [0.5, 0.6) is 0 Å². The molecule has 0 aliphatic heterocycles. The lowest BCUT2D eigenvalue weighted by atomic mass is 9.82. The highest BCUT2D eigenvalue weighted by Crippen LogP contribution is 2.27. The fourth-order valence-electron chi connectivity index (χ4n) is 2.50. The number of hydrogen-bond acceptors (Lipinski definition) is 5. The Morgan fingerprint density at radius 3 is 2.52 bits per heavy atom. The zero-order chi connectivity index (χ0) is 14.7. The van der Waals surface area contributed by atoms with Crippen LogP contribution in [-0.4, -0.2) is 34.8 Å². The number of nitrogens with zero attached hydrogens (tertiary/aromatic N) is 2. The summed E-state index contributed by atoms with van der Waals surface area (Å²) >= 11 is 0. The van der Waals surface area contributed by atoms with E-state index in [1.54, 1.807) is 0 Å². The molecule has 3 rings (SSSR count). The monoisotopic (exact) mass is 284 g/mol. The van der Waals surface area contributed by atoms with Crippen molar-refractivity contribution in [2.24, 2.45) is 5.92 Å². The SMILES string of the molecule is CNc1cc(NCC2CC(O)C2)nc(-c2ccccc2)n1. The molecule has 1 aliphatic carbocycles. The summed E-state index contributed by atoms with van der Waals surface area (Å²) in [6.07, 6.45) is 1.64. The van der Waals surface area contributed by atoms with Gasteiger partial charge in [-0.3, -0.25) is 0 Å². The molecule has 110 valence electrons. The second kappa shape index (κ2) is 6.10. The lowest BCUT2D eigenvalue weighted by Crippen LogP contribution is -2.33. The molecule has 0 saturated heterocycles. The Morgan fingerprint density at radius 1 is 1.14 bits per heavy atom. The molecule has 3 N–H and O–H groups in total. The van der Waals surface area contributed by atoms with Crippen LogP contribution < -0.4 is 10.6 Å². The van der Waals surface area contributed by atoms with Gasteiger partial charge in [0.1, 0.15) is 11.6 Å². The Balaban J connectivity index is 1.77. The molecule has 5 heteroatoms. The van der Waals surface area contributed by atoms with Crippen LogP contribution in [0.25, 0.3) is 11.4 Å². The van der Waals surface area contributed by atoms with E-state index in [4.69, 9.17) is 0 Å². The van der Waals surface area contributed by atoms with E-state index in [2.05, 4.69) is 20.6 Å². The zero-order valence-corrected chi connectivity index (χ0v) is 12.1. The minimum atomic E-state index is -0.116. The first-order valence-corrected chi connectivity index (χ1v) is 7.29. The molecule has 21 heavy (non-hydrogen) atoms. The average Bonchev–Trinajstić information content (AvgIpc) is 2.51. The number of anilines is 2. The molecule has 0 radical (unpaired) electrons. The van der Waals surface area contributed by atoms with Crippen LogP contribution >= 0.6 is 0 Å². The van der Waals surface area contributed by atoms with Gasteiger partial charge in [-0.25, -0.2) is 9.97 Å². The first-order chi connectivity index (χ1) is 10.2. The van der Waals surface area contributed by atoms with E-state index in [0.717, 1.165) is 36.6 Å². The third-order valence-corrected chi connectivity index (χ3v) is 3.80. The molecule has 0 unspecified atom stereocenters. The first-order valence-electron chi connectivity index (χ1n) is 7.29. The molecule has 1 fully saturated rings. The number of aliphatic hydroxyl groups is 1. The Kier molecular flexibility index (Phi) is 4.01. The van der Waals surface area contributed by atoms with Crippen LogP contribution in [0.4, 0.5) is 11.6 Å². The highest BCUT2D eigenvalue weighted by Gasteiger charge is 2.26. The van der Waals surface area contributed by atoms with Gasteiger partial charge in [-0.1, -0.05) is 30.3 Å². The van der Waals surface area contributed by atoms with Gasteiger partial charge < -0.3 is 15.7 Å². The molecule has 1 aliphatic rings. The van der Waals surface area contributed by atoms with Crippen LogP contribution in [0, 0.1) is 5.92 Å². The Bertz CT molecular complexity index is 596. The van der Waals surface area contributed by atoms with Gasteiger partial charge in [-0.05, 0) is 18.8 Å². The van der Waals surface area contributed by atoms with Gasteiger partial charge in [0.2, 0.25) is 0 Å². The molecule has 1 saturated carbocycles. The second-order valence-corrected chi connectivity index (χ2v) is 5.45. The van der Waals surface area contributed by atoms with Crippen LogP contribution in [0.1, 0.15) is 12.8 Å². The van der Waals surface area contributed by atoms with Gasteiger partial charge in [0.25, 0.3) is 0 Å². The predicted octanol–water partition coefficient (Wildman–Crippen LogP) is 2.37. The highest BCUT2D eigenvalue weighted by atomic mass is 16.3. The first kappa shape index (κ1) is 13.8. The third-order valence-electron chi connectivity index (χ3n) is 3.80. The number of nitrogens with one attached hydrogen (secondary N) is 2. The smallest absolute Gasteiger partial charge is 0.163 e. The van der Waals surface area contributed by atoms with Crippen molar-refractivity contribution >= 4 is 11.6 Å². The molecular weight excluding hydrogens is 264 g/mol. The zero-order valence-electron chi connectivity index (χ0n) is 12.1. The van der Waals surface area contributed by atoms with Crippen LogP contribution in [0.2, 0.25) is 0 Å². The number of rotatable bonds is 5. The number of aromatic nitrogens is 2. The van der Waals surface area contributed by atoms with Crippen LogP contribution in [0.15, 0.2) is 36.4 Å². The summed E-state index contributed by atoms with van der Waals surface area (Å²) in [4.78, 5) is 9.07. The van der Waals surface area contributed by atoms with Crippen LogP contribution in [-0.2, 0) is 0 Å². The highest BCUT2D eigenvalue weighted by molar-refractivity contribution is 5.61. The molecule has 2 aromatic rings. The minimum Gasteiger partial charge on any atom is -0.393 e. The summed E-state index contributed by atoms with van der Waals surface area (Å²) < 4.78 is 0. The summed E-state index contributed by atoms with van der Waals surface area (Å²) in [5, 5.41) is 15.7. The van der Waals surface area contributed by atoms with E-state index in [-0.39, 0.29) is 6.10 Å². The van der Waals surface area contributed by atoms with E-state index in [0.29, 0.717) is 11.7 Å². The van der Waals surface area contributed by atoms with E-state index in [1.165, 1.54) is 0 Å². The summed E-state index contributed by atoms with van der Waals surface area (Å²) in [5.74, 6) is 2.85. The Morgan fingerprint density at radius 2 is 1.86 bits per heavy atom. The maximum Gasteiger partial charge on any atom is 0.163 e. The quantitative estimate of drug-likeness (QED) is 0.786. The van der Waals surface area contributed by atoms with Gasteiger partial charge in [-0.2, -0.15) is 0 Å². The van der Waals surface area contributed by atoms with Gasteiger partial charge in [0.15, 0.2) is 5.82 Å². The van der Waals surface area contributed by atoms with Crippen molar-refractivity contribution in [1.82, 2.24) is 9.97 Å². The van der Waals surface area contributed by atoms with Crippen molar-refractivity contribution in [2.45, 2.75) is 18.9 Å². The summed E-state index contributed by atoms with van der Waals surface area (Å²) in [5.41, 5.74) is 0.997. The van der Waals surface area contributed by atoms with E-state index < -0.39 is 0 Å². The molecule has 1 aromatic carbocycles. The van der Waals surface area contributed by atoms with Gasteiger partial charge >= 0.3 is 0 Å². The van der Waals surface area contributed by atoms with Crippen molar-refractivity contribution in [1.29, 1.82) is 0 Å². The topological polar surface area (TPSA) is 70.1 Å². The standard InChI is InChI=1S/C16H20N4O/c1-17-14-9-15(18-10-11-7-13(21)8-11)20-16(19-14)12-5-3-2-4-6-12/h2-6,9,11,13,21H,7-8,10H2,1H3,(H2,17,18,19,20). The largest absolute Gasteiger partial charge is 0.393 e. The maximum atomic E-state index is 9.33. The van der Waals surface area contributed by atoms with E-state index in [1.807, 2.05) is 43.4 Å². The van der Waals surface area contributed by atoms with Crippen molar-refractivity contribution in [3.8, 4) is 11.4 Å². The van der Waals surface area contributed by atoms with Crippen molar-refractivity contribution in [3.63, 3.8) is 0 Å². The van der Waals surface area contributed by atoms with Gasteiger partial charge in [0, 0.05) is 25.2 Å².